The molecular weight excluding hydrogens is 586 g/mol. The van der Waals surface area contributed by atoms with Crippen molar-refractivity contribution in [1.82, 2.24) is 0 Å². The van der Waals surface area contributed by atoms with E-state index in [9.17, 15) is 17.7 Å². The molecular formula is C35H45F3NO4P. The van der Waals surface area contributed by atoms with E-state index in [0.717, 1.165) is 22.4 Å². The first-order valence-electron chi connectivity index (χ1n) is 15.2. The Bertz CT molecular complexity index is 1510. The predicted octanol–water partition coefficient (Wildman–Crippen LogP) is 9.88. The van der Waals surface area contributed by atoms with Crippen LogP contribution in [0.15, 0.2) is 65.7 Å². The Labute approximate surface area is 259 Å². The number of alkyl halides is 3. The lowest BCUT2D eigenvalue weighted by molar-refractivity contribution is -0.139. The Balaban J connectivity index is 1.45. The van der Waals surface area contributed by atoms with Crippen LogP contribution in [-0.4, -0.2) is 41.6 Å². The topological polar surface area (TPSA) is 57.1 Å². The zero-order chi connectivity index (χ0) is 32.4. The molecule has 4 rings (SSSR count). The van der Waals surface area contributed by atoms with E-state index in [4.69, 9.17) is 14.0 Å². The lowest BCUT2D eigenvalue weighted by Gasteiger charge is -2.41. The maximum absolute atomic E-state index is 14.1. The summed E-state index contributed by atoms with van der Waals surface area (Å²) in [5.74, 6) is 0.310. The van der Waals surface area contributed by atoms with Crippen LogP contribution in [-0.2, 0) is 32.8 Å². The largest absolute Gasteiger partial charge is 0.493 e. The lowest BCUT2D eigenvalue weighted by atomic mass is 9.93. The molecule has 0 aliphatic carbocycles. The number of benzene rings is 3. The number of aliphatic imine (C=N–C) groups is 1. The van der Waals surface area contributed by atoms with E-state index in [1.165, 1.54) is 6.07 Å². The summed E-state index contributed by atoms with van der Waals surface area (Å²) in [6.45, 7) is 13.6. The molecule has 0 aromatic heterocycles. The summed E-state index contributed by atoms with van der Waals surface area (Å²) >= 11 is 0. The Hall–Kier alpha value is -2.83. The summed E-state index contributed by atoms with van der Waals surface area (Å²) in [5, 5.41) is 1.08. The molecule has 1 aliphatic rings. The van der Waals surface area contributed by atoms with Gasteiger partial charge in [-0.1, -0.05) is 90.1 Å². The third kappa shape index (κ3) is 7.69. The molecule has 1 atom stereocenters. The second-order valence-electron chi connectivity index (χ2n) is 13.7. The minimum absolute atomic E-state index is 0.0557. The van der Waals surface area contributed by atoms with Crippen molar-refractivity contribution < 1.29 is 31.7 Å². The number of aryl methyl sites for hydroxylation is 2. The van der Waals surface area contributed by atoms with Crippen LogP contribution in [0.5, 0.6) is 5.75 Å². The van der Waals surface area contributed by atoms with Crippen LogP contribution in [0.25, 0.3) is 10.8 Å². The summed E-state index contributed by atoms with van der Waals surface area (Å²) in [4.78, 5) is 4.69. The van der Waals surface area contributed by atoms with Crippen molar-refractivity contribution in [3.8, 4) is 5.75 Å². The highest BCUT2D eigenvalue weighted by Gasteiger charge is 2.50. The van der Waals surface area contributed by atoms with Gasteiger partial charge in [-0.3, -0.25) is 4.57 Å². The van der Waals surface area contributed by atoms with Gasteiger partial charge in [0.2, 0.25) is 7.37 Å². The highest BCUT2D eigenvalue weighted by Crippen LogP contribution is 2.68. The molecule has 1 aliphatic heterocycles. The molecule has 3 aromatic rings. The number of hydrogen-bond acceptors (Lipinski definition) is 5. The monoisotopic (exact) mass is 631 g/mol. The van der Waals surface area contributed by atoms with Gasteiger partial charge in [-0.25, -0.2) is 4.99 Å². The van der Waals surface area contributed by atoms with Crippen LogP contribution < -0.4 is 4.74 Å². The minimum atomic E-state index is -4.57. The molecule has 0 spiro atoms. The molecule has 5 nitrogen and oxygen atoms in total. The van der Waals surface area contributed by atoms with Crippen LogP contribution >= 0.6 is 7.37 Å². The van der Waals surface area contributed by atoms with E-state index in [-0.39, 0.29) is 25.6 Å². The van der Waals surface area contributed by atoms with Crippen LogP contribution in [0.4, 0.5) is 13.2 Å². The van der Waals surface area contributed by atoms with Crippen LogP contribution in [0.1, 0.15) is 78.0 Å². The Morgan fingerprint density at radius 3 is 2.25 bits per heavy atom. The summed E-state index contributed by atoms with van der Waals surface area (Å²) in [6.07, 6.45) is -2.60. The molecule has 0 radical (unpaired) electrons. The van der Waals surface area contributed by atoms with Crippen molar-refractivity contribution in [2.24, 2.45) is 4.99 Å². The van der Waals surface area contributed by atoms with Gasteiger partial charge in [0, 0.05) is 17.2 Å². The van der Waals surface area contributed by atoms with Crippen LogP contribution in [0.2, 0.25) is 0 Å². The summed E-state index contributed by atoms with van der Waals surface area (Å²) in [6, 6.07) is 18.4. The fraction of sp³-hybridized carbons (Fsp3) is 0.514. The molecule has 0 saturated heterocycles. The molecule has 0 fully saturated rings. The first kappa shape index (κ1) is 34.1. The van der Waals surface area contributed by atoms with Crippen molar-refractivity contribution in [2.75, 3.05) is 19.8 Å². The van der Waals surface area contributed by atoms with E-state index in [0.29, 0.717) is 37.1 Å². The smallest absolute Gasteiger partial charge is 0.419 e. The molecule has 9 heteroatoms. The molecule has 240 valence electrons. The van der Waals surface area contributed by atoms with Gasteiger partial charge >= 0.3 is 6.18 Å². The average molecular weight is 632 g/mol. The third-order valence-corrected chi connectivity index (χ3v) is 12.2. The van der Waals surface area contributed by atoms with Gasteiger partial charge in [-0.15, -0.1) is 0 Å². The van der Waals surface area contributed by atoms with Gasteiger partial charge in [0.05, 0.1) is 18.8 Å². The zero-order valence-electron chi connectivity index (χ0n) is 26.9. The number of hydrogen-bond donors (Lipinski definition) is 0. The van der Waals surface area contributed by atoms with Gasteiger partial charge in [-0.2, -0.15) is 13.2 Å². The first-order valence-corrected chi connectivity index (χ1v) is 16.8. The summed E-state index contributed by atoms with van der Waals surface area (Å²) < 4.78 is 74.2. The Morgan fingerprint density at radius 1 is 0.932 bits per heavy atom. The molecule has 1 unspecified atom stereocenters. The van der Waals surface area contributed by atoms with Crippen molar-refractivity contribution in [3.05, 3.63) is 77.4 Å². The highest BCUT2D eigenvalue weighted by atomic mass is 31.2. The van der Waals surface area contributed by atoms with E-state index >= 15 is 0 Å². The van der Waals surface area contributed by atoms with Crippen LogP contribution in [0.3, 0.4) is 0 Å². The Morgan fingerprint density at radius 2 is 1.61 bits per heavy atom. The van der Waals surface area contributed by atoms with E-state index < -0.39 is 35.0 Å². The van der Waals surface area contributed by atoms with E-state index in [1.54, 1.807) is 13.0 Å². The van der Waals surface area contributed by atoms with Crippen LogP contribution in [0, 0.1) is 0 Å². The van der Waals surface area contributed by atoms with Crippen molar-refractivity contribution in [2.45, 2.75) is 96.2 Å². The minimum Gasteiger partial charge on any atom is -0.493 e. The second kappa shape index (κ2) is 12.9. The van der Waals surface area contributed by atoms with Crippen molar-refractivity contribution in [1.29, 1.82) is 0 Å². The highest BCUT2D eigenvalue weighted by molar-refractivity contribution is 7.62. The molecule has 1 heterocycles. The van der Waals surface area contributed by atoms with Gasteiger partial charge in [0.1, 0.15) is 17.9 Å². The van der Waals surface area contributed by atoms with Gasteiger partial charge < -0.3 is 14.0 Å². The molecule has 44 heavy (non-hydrogen) atoms. The SMILES string of the molecule is CC1=NC(CCc2ccc(OCCCc3cccc4ccccc34)c(C(F)(F)F)c2)(COP(=O)(C(C)(C)C)C(C)(C)C)CO1. The molecule has 3 aromatic carbocycles. The summed E-state index contributed by atoms with van der Waals surface area (Å²) in [7, 11) is -3.17. The first-order chi connectivity index (χ1) is 20.4. The second-order valence-corrected chi connectivity index (χ2v) is 17.8. The Kier molecular flexibility index (Phi) is 9.97. The average Bonchev–Trinajstić information content (AvgIpc) is 3.32. The number of nitrogens with zero attached hydrogens (tertiary/aromatic N) is 1. The number of ether oxygens (including phenoxy) is 2. The quantitative estimate of drug-likeness (QED) is 0.156. The molecule has 0 amide bonds. The normalized spacial score (nSPS) is 17.9. The van der Waals surface area contributed by atoms with Gasteiger partial charge in [-0.05, 0) is 59.7 Å². The fourth-order valence-corrected chi connectivity index (χ4v) is 9.14. The van der Waals surface area contributed by atoms with Gasteiger partial charge in [0.25, 0.3) is 0 Å². The standard InChI is InChI=1S/C35H45F3NO4P/c1-25-39-34(23-42-25,24-43-44(40,32(2,3)4)33(5,6)7)20-19-26-17-18-31(30(22-26)35(36,37)38)41-21-11-15-28-14-10-13-27-12-8-9-16-29(27)28/h8-10,12-14,16-18,22H,11,15,19-21,23-24H2,1-7H3. The van der Waals surface area contributed by atoms with Crippen molar-refractivity contribution >= 4 is 24.0 Å². The maximum atomic E-state index is 14.1. The lowest BCUT2D eigenvalue weighted by Crippen LogP contribution is -2.38. The number of fused-ring (bicyclic) bond motifs is 1. The molecule has 0 N–H and O–H groups in total. The summed E-state index contributed by atoms with van der Waals surface area (Å²) in [5.41, 5.74) is 0.0177. The zero-order valence-corrected chi connectivity index (χ0v) is 27.8. The molecule has 0 bridgehead atoms. The van der Waals surface area contributed by atoms with Gasteiger partial charge in [0.15, 0.2) is 5.90 Å². The van der Waals surface area contributed by atoms with Crippen molar-refractivity contribution in [3.63, 3.8) is 0 Å². The predicted molar refractivity (Wildman–Crippen MR) is 172 cm³/mol. The number of halogens is 3. The maximum Gasteiger partial charge on any atom is 0.419 e. The molecule has 0 saturated carbocycles. The third-order valence-electron chi connectivity index (χ3n) is 8.18. The number of rotatable bonds is 11. The van der Waals surface area contributed by atoms with E-state index in [1.807, 2.05) is 77.9 Å². The fourth-order valence-electron chi connectivity index (χ4n) is 5.93. The van der Waals surface area contributed by atoms with E-state index in [2.05, 4.69) is 11.1 Å².